The Morgan fingerprint density at radius 3 is 2.78 bits per heavy atom. The maximum absolute atomic E-state index is 12.4. The molecule has 6 nitrogen and oxygen atoms in total. The zero-order valence-electron chi connectivity index (χ0n) is 14.3. The molecule has 0 aromatic carbocycles. The van der Waals surface area contributed by atoms with Gasteiger partial charge in [-0.3, -0.25) is 4.79 Å². The zero-order valence-corrected chi connectivity index (χ0v) is 14.3. The monoisotopic (exact) mass is 319 g/mol. The number of amides is 2. The van der Waals surface area contributed by atoms with E-state index in [0.29, 0.717) is 18.9 Å². The minimum Gasteiger partial charge on any atom is -0.444 e. The first-order valence-electron chi connectivity index (χ1n) is 7.96. The predicted octanol–water partition coefficient (Wildman–Crippen LogP) is 2.98. The summed E-state index contributed by atoms with van der Waals surface area (Å²) in [6.45, 7) is 8.46. The third kappa shape index (κ3) is 5.23. The van der Waals surface area contributed by atoms with Crippen molar-refractivity contribution in [2.45, 2.75) is 46.1 Å². The molecule has 2 heterocycles. The van der Waals surface area contributed by atoms with Crippen LogP contribution >= 0.6 is 0 Å². The number of ether oxygens (including phenoxy) is 1. The van der Waals surface area contributed by atoms with E-state index in [1.165, 1.54) is 0 Å². The maximum Gasteiger partial charge on any atom is 0.410 e. The first-order chi connectivity index (χ1) is 10.7. The molecule has 1 saturated heterocycles. The molecule has 0 aliphatic carbocycles. The Morgan fingerprint density at radius 1 is 1.39 bits per heavy atom. The number of aromatic nitrogens is 1. The Hall–Kier alpha value is -2.11. The number of anilines is 1. The van der Waals surface area contributed by atoms with Crippen molar-refractivity contribution in [1.82, 2.24) is 9.88 Å². The van der Waals surface area contributed by atoms with Crippen LogP contribution in [0.3, 0.4) is 0 Å². The van der Waals surface area contributed by atoms with Gasteiger partial charge in [-0.1, -0.05) is 0 Å². The summed E-state index contributed by atoms with van der Waals surface area (Å²) in [7, 11) is 0. The van der Waals surface area contributed by atoms with Crippen molar-refractivity contribution in [1.29, 1.82) is 0 Å². The van der Waals surface area contributed by atoms with Crippen LogP contribution in [0.4, 0.5) is 10.6 Å². The Morgan fingerprint density at radius 2 is 2.13 bits per heavy atom. The van der Waals surface area contributed by atoms with Crippen molar-refractivity contribution in [3.8, 4) is 0 Å². The second-order valence-electron chi connectivity index (χ2n) is 6.97. The average molecular weight is 319 g/mol. The summed E-state index contributed by atoms with van der Waals surface area (Å²) in [6, 6.07) is 3.70. The number of hydrogen-bond acceptors (Lipinski definition) is 4. The van der Waals surface area contributed by atoms with E-state index in [-0.39, 0.29) is 17.9 Å². The number of nitrogens with zero attached hydrogens (tertiary/aromatic N) is 2. The molecule has 0 saturated carbocycles. The van der Waals surface area contributed by atoms with E-state index in [0.717, 1.165) is 18.4 Å². The fourth-order valence-corrected chi connectivity index (χ4v) is 2.52. The highest BCUT2D eigenvalue weighted by molar-refractivity contribution is 5.92. The van der Waals surface area contributed by atoms with E-state index in [1.54, 1.807) is 11.1 Å². The SMILES string of the molecule is Cc1ccnc(NC(=O)C2CCCN(C(=O)OC(C)(C)C)C2)c1. The lowest BCUT2D eigenvalue weighted by Crippen LogP contribution is -2.45. The number of carbonyl (C=O) groups is 2. The van der Waals surface area contributed by atoms with Crippen LogP contribution in [0.25, 0.3) is 0 Å². The molecule has 126 valence electrons. The number of likely N-dealkylation sites (tertiary alicyclic amines) is 1. The van der Waals surface area contributed by atoms with Crippen LogP contribution in [0.15, 0.2) is 18.3 Å². The van der Waals surface area contributed by atoms with E-state index >= 15 is 0 Å². The molecule has 1 atom stereocenters. The highest BCUT2D eigenvalue weighted by Gasteiger charge is 2.31. The van der Waals surface area contributed by atoms with Crippen LogP contribution in [-0.4, -0.2) is 40.6 Å². The summed E-state index contributed by atoms with van der Waals surface area (Å²) in [5.41, 5.74) is 0.506. The van der Waals surface area contributed by atoms with Gasteiger partial charge in [-0.15, -0.1) is 0 Å². The van der Waals surface area contributed by atoms with Crippen LogP contribution in [0.1, 0.15) is 39.2 Å². The minimum absolute atomic E-state index is 0.101. The van der Waals surface area contributed by atoms with Crippen molar-refractivity contribution in [3.63, 3.8) is 0 Å². The van der Waals surface area contributed by atoms with Gasteiger partial charge in [0, 0.05) is 19.3 Å². The zero-order chi connectivity index (χ0) is 17.0. The van der Waals surface area contributed by atoms with Gasteiger partial charge in [-0.25, -0.2) is 9.78 Å². The molecule has 2 amide bonds. The molecule has 6 heteroatoms. The lowest BCUT2D eigenvalue weighted by Gasteiger charge is -2.33. The highest BCUT2D eigenvalue weighted by Crippen LogP contribution is 2.20. The third-order valence-electron chi connectivity index (χ3n) is 3.61. The molecule has 1 aromatic rings. The van der Waals surface area contributed by atoms with Gasteiger partial charge in [-0.05, 0) is 58.2 Å². The van der Waals surface area contributed by atoms with Gasteiger partial charge in [0.05, 0.1) is 5.92 Å². The second kappa shape index (κ2) is 6.98. The van der Waals surface area contributed by atoms with Gasteiger partial charge in [0.25, 0.3) is 0 Å². The number of hydrogen-bond donors (Lipinski definition) is 1. The summed E-state index contributed by atoms with van der Waals surface area (Å²) in [6.07, 6.45) is 2.86. The normalized spacial score (nSPS) is 18.4. The van der Waals surface area contributed by atoms with E-state index < -0.39 is 5.60 Å². The molecular formula is C17H25N3O3. The average Bonchev–Trinajstić information content (AvgIpc) is 2.45. The summed E-state index contributed by atoms with van der Waals surface area (Å²) >= 11 is 0. The number of nitrogens with one attached hydrogen (secondary N) is 1. The number of pyridine rings is 1. The van der Waals surface area contributed by atoms with Crippen LogP contribution in [0, 0.1) is 12.8 Å². The topological polar surface area (TPSA) is 71.5 Å². The molecule has 1 N–H and O–H groups in total. The molecule has 1 aromatic heterocycles. The Labute approximate surface area is 137 Å². The van der Waals surface area contributed by atoms with E-state index in [4.69, 9.17) is 4.74 Å². The fraction of sp³-hybridized carbons (Fsp3) is 0.588. The van der Waals surface area contributed by atoms with E-state index in [9.17, 15) is 9.59 Å². The Bertz CT molecular complexity index is 581. The molecule has 1 aliphatic heterocycles. The van der Waals surface area contributed by atoms with Crippen molar-refractivity contribution >= 4 is 17.8 Å². The molecule has 0 radical (unpaired) electrons. The highest BCUT2D eigenvalue weighted by atomic mass is 16.6. The fourth-order valence-electron chi connectivity index (χ4n) is 2.52. The number of rotatable bonds is 2. The minimum atomic E-state index is -0.530. The van der Waals surface area contributed by atoms with E-state index in [1.807, 2.05) is 39.8 Å². The number of carbonyl (C=O) groups excluding carboxylic acids is 2. The van der Waals surface area contributed by atoms with Gasteiger partial charge in [0.2, 0.25) is 5.91 Å². The molecule has 23 heavy (non-hydrogen) atoms. The van der Waals surface area contributed by atoms with Gasteiger partial charge in [0.1, 0.15) is 11.4 Å². The Balaban J connectivity index is 1.95. The summed E-state index contributed by atoms with van der Waals surface area (Å²) < 4.78 is 5.38. The lowest BCUT2D eigenvalue weighted by atomic mass is 9.97. The van der Waals surface area contributed by atoms with Crippen molar-refractivity contribution in [2.75, 3.05) is 18.4 Å². The summed E-state index contributed by atoms with van der Waals surface area (Å²) in [5, 5.41) is 2.83. The third-order valence-corrected chi connectivity index (χ3v) is 3.61. The maximum atomic E-state index is 12.4. The lowest BCUT2D eigenvalue weighted by molar-refractivity contribution is -0.121. The van der Waals surface area contributed by atoms with E-state index in [2.05, 4.69) is 10.3 Å². The van der Waals surface area contributed by atoms with Crippen LogP contribution in [0.2, 0.25) is 0 Å². The van der Waals surface area contributed by atoms with Crippen molar-refractivity contribution in [3.05, 3.63) is 23.9 Å². The van der Waals surface area contributed by atoms with Gasteiger partial charge in [-0.2, -0.15) is 0 Å². The molecule has 1 unspecified atom stereocenters. The molecule has 1 aliphatic rings. The first kappa shape index (κ1) is 17.2. The van der Waals surface area contributed by atoms with Crippen LogP contribution in [-0.2, 0) is 9.53 Å². The second-order valence-corrected chi connectivity index (χ2v) is 6.97. The first-order valence-corrected chi connectivity index (χ1v) is 7.96. The smallest absolute Gasteiger partial charge is 0.410 e. The largest absolute Gasteiger partial charge is 0.444 e. The van der Waals surface area contributed by atoms with Crippen LogP contribution < -0.4 is 5.32 Å². The summed E-state index contributed by atoms with van der Waals surface area (Å²) in [4.78, 5) is 30.3. The Kier molecular flexibility index (Phi) is 5.23. The number of piperidine rings is 1. The molecule has 0 spiro atoms. The van der Waals surface area contributed by atoms with Gasteiger partial charge in [0.15, 0.2) is 0 Å². The quantitative estimate of drug-likeness (QED) is 0.909. The summed E-state index contributed by atoms with van der Waals surface area (Å²) in [5.74, 6) is 0.208. The van der Waals surface area contributed by atoms with Gasteiger partial charge < -0.3 is 15.0 Å². The van der Waals surface area contributed by atoms with Crippen LogP contribution in [0.5, 0.6) is 0 Å². The molecule has 1 fully saturated rings. The molecule has 0 bridgehead atoms. The number of aryl methyl sites for hydroxylation is 1. The predicted molar refractivity (Wildman–Crippen MR) is 88.1 cm³/mol. The van der Waals surface area contributed by atoms with Crippen molar-refractivity contribution < 1.29 is 14.3 Å². The van der Waals surface area contributed by atoms with Crippen molar-refractivity contribution in [2.24, 2.45) is 5.92 Å². The molecular weight excluding hydrogens is 294 g/mol. The van der Waals surface area contributed by atoms with Gasteiger partial charge >= 0.3 is 6.09 Å². The standard InChI is InChI=1S/C17H25N3O3/c1-12-7-8-18-14(10-12)19-15(21)13-6-5-9-20(11-13)16(22)23-17(2,3)4/h7-8,10,13H,5-6,9,11H2,1-4H3,(H,18,19,21). The molecule has 2 rings (SSSR count).